The molecule has 1 rings (SSSR count). The molecular formula is C12H16O3S. The first kappa shape index (κ1) is 13.1. The Labute approximate surface area is 99.8 Å². The number of hydrogen-bond acceptors (Lipinski definition) is 4. The van der Waals surface area contributed by atoms with E-state index in [0.717, 1.165) is 5.56 Å². The quantitative estimate of drug-likeness (QED) is 0.773. The Balaban J connectivity index is 2.26. The predicted molar refractivity (Wildman–Crippen MR) is 65.4 cm³/mol. The number of rotatable bonds is 6. The highest BCUT2D eigenvalue weighted by Gasteiger charge is 2.08. The molecule has 0 spiro atoms. The number of hydrogen-bond donors (Lipinski definition) is 1. The minimum atomic E-state index is -0.527. The Morgan fingerprint density at radius 1 is 1.44 bits per heavy atom. The van der Waals surface area contributed by atoms with Crippen LogP contribution in [0.4, 0.5) is 0 Å². The summed E-state index contributed by atoms with van der Waals surface area (Å²) in [4.78, 5) is 11.0. The van der Waals surface area contributed by atoms with Gasteiger partial charge in [0.1, 0.15) is 0 Å². The molecule has 0 saturated carbocycles. The van der Waals surface area contributed by atoms with Crippen LogP contribution in [0.25, 0.3) is 0 Å². The van der Waals surface area contributed by atoms with Crippen molar-refractivity contribution in [3.8, 4) is 0 Å². The van der Waals surface area contributed by atoms with Gasteiger partial charge in [0, 0.05) is 5.75 Å². The molecule has 1 N–H and O–H groups in total. The van der Waals surface area contributed by atoms with E-state index in [1.807, 2.05) is 30.3 Å². The van der Waals surface area contributed by atoms with Crippen molar-refractivity contribution in [1.29, 1.82) is 0 Å². The van der Waals surface area contributed by atoms with Gasteiger partial charge in [-0.05, 0) is 12.5 Å². The summed E-state index contributed by atoms with van der Waals surface area (Å²) in [7, 11) is 0. The molecular weight excluding hydrogens is 224 g/mol. The van der Waals surface area contributed by atoms with Crippen LogP contribution in [0.3, 0.4) is 0 Å². The molecule has 1 unspecified atom stereocenters. The van der Waals surface area contributed by atoms with E-state index in [4.69, 9.17) is 4.74 Å². The Kier molecular flexibility index (Phi) is 5.96. The molecule has 0 saturated heterocycles. The second kappa shape index (κ2) is 7.30. The Morgan fingerprint density at radius 2 is 2.12 bits per heavy atom. The van der Waals surface area contributed by atoms with Crippen molar-refractivity contribution in [3.63, 3.8) is 0 Å². The molecule has 1 aromatic carbocycles. The monoisotopic (exact) mass is 240 g/mol. The zero-order valence-corrected chi connectivity index (χ0v) is 10.1. The standard InChI is InChI=1S/C12H16O3S/c1-2-15-12(14)9-16-8-11(13)10-6-4-3-5-7-10/h3-7,11,13H,2,8-9H2,1H3. The third-order valence-corrected chi connectivity index (χ3v) is 2.98. The lowest BCUT2D eigenvalue weighted by molar-refractivity contribution is -0.139. The third kappa shape index (κ3) is 4.68. The van der Waals surface area contributed by atoms with Crippen molar-refractivity contribution >= 4 is 17.7 Å². The third-order valence-electron chi connectivity index (χ3n) is 1.99. The van der Waals surface area contributed by atoms with E-state index < -0.39 is 6.10 Å². The molecule has 88 valence electrons. The predicted octanol–water partition coefficient (Wildman–Crippen LogP) is 2.02. The van der Waals surface area contributed by atoms with Gasteiger partial charge in [-0.1, -0.05) is 30.3 Å². The van der Waals surface area contributed by atoms with E-state index >= 15 is 0 Å². The van der Waals surface area contributed by atoms with Gasteiger partial charge in [0.15, 0.2) is 0 Å². The minimum absolute atomic E-state index is 0.229. The first-order valence-corrected chi connectivity index (χ1v) is 6.36. The van der Waals surface area contributed by atoms with Gasteiger partial charge < -0.3 is 9.84 Å². The van der Waals surface area contributed by atoms with Crippen LogP contribution in [-0.2, 0) is 9.53 Å². The van der Waals surface area contributed by atoms with E-state index in [2.05, 4.69) is 0 Å². The lowest BCUT2D eigenvalue weighted by Gasteiger charge is -2.09. The molecule has 0 aliphatic carbocycles. The van der Waals surface area contributed by atoms with E-state index in [1.54, 1.807) is 6.92 Å². The number of benzene rings is 1. The van der Waals surface area contributed by atoms with Gasteiger partial charge in [0.25, 0.3) is 0 Å². The second-order valence-electron chi connectivity index (χ2n) is 3.25. The summed E-state index contributed by atoms with van der Waals surface area (Å²) in [5.74, 6) is 0.563. The topological polar surface area (TPSA) is 46.5 Å². The lowest BCUT2D eigenvalue weighted by atomic mass is 10.1. The first-order valence-electron chi connectivity index (χ1n) is 5.20. The molecule has 4 heteroatoms. The number of thioether (sulfide) groups is 1. The molecule has 16 heavy (non-hydrogen) atoms. The Morgan fingerprint density at radius 3 is 2.75 bits per heavy atom. The van der Waals surface area contributed by atoms with Crippen LogP contribution in [0.15, 0.2) is 30.3 Å². The molecule has 0 heterocycles. The summed E-state index contributed by atoms with van der Waals surface area (Å²) in [6, 6.07) is 9.41. The molecule has 0 aliphatic rings. The fraction of sp³-hybridized carbons (Fsp3) is 0.417. The van der Waals surface area contributed by atoms with Crippen LogP contribution in [0.1, 0.15) is 18.6 Å². The van der Waals surface area contributed by atoms with Crippen molar-refractivity contribution in [1.82, 2.24) is 0 Å². The molecule has 0 aliphatic heterocycles. The van der Waals surface area contributed by atoms with Gasteiger partial charge >= 0.3 is 5.97 Å². The van der Waals surface area contributed by atoms with Gasteiger partial charge in [-0.2, -0.15) is 0 Å². The number of aliphatic hydroxyl groups is 1. The molecule has 3 nitrogen and oxygen atoms in total. The molecule has 0 bridgehead atoms. The summed E-state index contributed by atoms with van der Waals surface area (Å²) >= 11 is 1.38. The average molecular weight is 240 g/mol. The van der Waals surface area contributed by atoms with Crippen molar-refractivity contribution in [2.24, 2.45) is 0 Å². The molecule has 0 fully saturated rings. The largest absolute Gasteiger partial charge is 0.465 e. The van der Waals surface area contributed by atoms with Crippen LogP contribution in [0.2, 0.25) is 0 Å². The molecule has 0 radical (unpaired) electrons. The molecule has 0 amide bonds. The fourth-order valence-corrected chi connectivity index (χ4v) is 2.01. The molecule has 0 aromatic heterocycles. The van der Waals surface area contributed by atoms with E-state index in [0.29, 0.717) is 12.4 Å². The van der Waals surface area contributed by atoms with Crippen molar-refractivity contribution in [3.05, 3.63) is 35.9 Å². The van der Waals surface area contributed by atoms with Crippen LogP contribution in [0.5, 0.6) is 0 Å². The van der Waals surface area contributed by atoms with Gasteiger partial charge in [-0.3, -0.25) is 4.79 Å². The summed E-state index contributed by atoms with van der Waals surface area (Å²) in [6.07, 6.45) is -0.527. The van der Waals surface area contributed by atoms with Gasteiger partial charge in [-0.25, -0.2) is 0 Å². The SMILES string of the molecule is CCOC(=O)CSCC(O)c1ccccc1. The van der Waals surface area contributed by atoms with Crippen LogP contribution < -0.4 is 0 Å². The summed E-state index contributed by atoms with van der Waals surface area (Å²) in [5.41, 5.74) is 0.874. The molecule has 1 aromatic rings. The van der Waals surface area contributed by atoms with Crippen LogP contribution in [-0.4, -0.2) is 29.2 Å². The van der Waals surface area contributed by atoms with Gasteiger partial charge in [0.05, 0.1) is 18.5 Å². The van der Waals surface area contributed by atoms with Crippen molar-refractivity contribution < 1.29 is 14.6 Å². The molecule has 1 atom stereocenters. The number of carbonyl (C=O) groups is 1. The number of ether oxygens (including phenoxy) is 1. The second-order valence-corrected chi connectivity index (χ2v) is 4.28. The van der Waals surface area contributed by atoms with Crippen LogP contribution in [0, 0.1) is 0 Å². The lowest BCUT2D eigenvalue weighted by Crippen LogP contribution is -2.09. The summed E-state index contributed by atoms with van der Waals surface area (Å²) in [5, 5.41) is 9.79. The number of aliphatic hydroxyl groups excluding tert-OH is 1. The van der Waals surface area contributed by atoms with E-state index in [1.165, 1.54) is 11.8 Å². The maximum atomic E-state index is 11.0. The first-order chi connectivity index (χ1) is 7.74. The summed E-state index contributed by atoms with van der Waals surface area (Å²) in [6.45, 7) is 2.18. The zero-order chi connectivity index (χ0) is 11.8. The smallest absolute Gasteiger partial charge is 0.315 e. The highest BCUT2D eigenvalue weighted by molar-refractivity contribution is 7.99. The van der Waals surface area contributed by atoms with Crippen molar-refractivity contribution in [2.75, 3.05) is 18.1 Å². The Hall–Kier alpha value is -1.00. The van der Waals surface area contributed by atoms with Gasteiger partial charge in [-0.15, -0.1) is 11.8 Å². The highest BCUT2D eigenvalue weighted by Crippen LogP contribution is 2.17. The van der Waals surface area contributed by atoms with Gasteiger partial charge in [0.2, 0.25) is 0 Å². The number of esters is 1. The summed E-state index contributed by atoms with van der Waals surface area (Å²) < 4.78 is 4.79. The van der Waals surface area contributed by atoms with E-state index in [9.17, 15) is 9.90 Å². The fourth-order valence-electron chi connectivity index (χ4n) is 1.23. The highest BCUT2D eigenvalue weighted by atomic mass is 32.2. The maximum absolute atomic E-state index is 11.0. The van der Waals surface area contributed by atoms with Crippen molar-refractivity contribution in [2.45, 2.75) is 13.0 Å². The normalized spacial score (nSPS) is 12.1. The maximum Gasteiger partial charge on any atom is 0.315 e. The number of carbonyl (C=O) groups excluding carboxylic acids is 1. The van der Waals surface area contributed by atoms with E-state index in [-0.39, 0.29) is 11.7 Å². The average Bonchev–Trinajstić information content (AvgIpc) is 2.30. The minimum Gasteiger partial charge on any atom is -0.465 e. The zero-order valence-electron chi connectivity index (χ0n) is 9.26. The van der Waals surface area contributed by atoms with Crippen LogP contribution >= 0.6 is 11.8 Å². The Bertz CT molecular complexity index is 313.